The highest BCUT2D eigenvalue weighted by molar-refractivity contribution is 5.23. The molecule has 4 saturated carbocycles. The van der Waals surface area contributed by atoms with Gasteiger partial charge in [-0.3, -0.25) is 4.98 Å². The first-order valence-electron chi connectivity index (χ1n) is 11.1. The van der Waals surface area contributed by atoms with Gasteiger partial charge in [0.25, 0.3) is 0 Å². The van der Waals surface area contributed by atoms with Gasteiger partial charge in [0.2, 0.25) is 0 Å². The molecule has 26 heavy (non-hydrogen) atoms. The third kappa shape index (κ3) is 2.37. The SMILES string of the molecule is C[C@]12CCC3C(CC[C@H]4C[C@@H](O)CC[C@]34C)C1CCC2c1cccnc1. The Morgan fingerprint density at radius 2 is 1.77 bits per heavy atom. The average Bonchev–Trinajstić information content (AvgIpc) is 3.00. The van der Waals surface area contributed by atoms with Crippen molar-refractivity contribution in [3.05, 3.63) is 30.1 Å². The van der Waals surface area contributed by atoms with Crippen LogP contribution in [-0.4, -0.2) is 16.2 Å². The molecule has 0 spiro atoms. The third-order valence-corrected chi connectivity index (χ3v) is 9.72. The molecule has 4 aliphatic carbocycles. The number of fused-ring (bicyclic) bond motifs is 5. The number of aliphatic hydroxyl groups excluding tert-OH is 1. The molecule has 4 unspecified atom stereocenters. The van der Waals surface area contributed by atoms with Gasteiger partial charge in [0.1, 0.15) is 0 Å². The molecule has 0 saturated heterocycles. The van der Waals surface area contributed by atoms with Crippen molar-refractivity contribution in [1.29, 1.82) is 0 Å². The molecule has 1 N–H and O–H groups in total. The van der Waals surface area contributed by atoms with Crippen LogP contribution < -0.4 is 0 Å². The highest BCUT2D eigenvalue weighted by atomic mass is 16.3. The van der Waals surface area contributed by atoms with Crippen molar-refractivity contribution < 1.29 is 5.11 Å². The molecular formula is C24H35NO. The van der Waals surface area contributed by atoms with Crippen molar-refractivity contribution in [2.45, 2.75) is 83.7 Å². The highest BCUT2D eigenvalue weighted by Crippen LogP contribution is 2.68. The Bertz CT molecular complexity index is 659. The molecule has 0 aromatic carbocycles. The van der Waals surface area contributed by atoms with E-state index in [1.54, 1.807) is 0 Å². The fraction of sp³-hybridized carbons (Fsp3) is 0.792. The molecule has 142 valence electrons. The zero-order valence-electron chi connectivity index (χ0n) is 16.5. The number of hydrogen-bond acceptors (Lipinski definition) is 2. The third-order valence-electron chi connectivity index (χ3n) is 9.72. The predicted molar refractivity (Wildman–Crippen MR) is 105 cm³/mol. The van der Waals surface area contributed by atoms with Crippen LogP contribution in [0.3, 0.4) is 0 Å². The van der Waals surface area contributed by atoms with Gasteiger partial charge in [-0.1, -0.05) is 19.9 Å². The lowest BCUT2D eigenvalue weighted by Crippen LogP contribution is -2.53. The molecule has 0 aliphatic heterocycles. The first kappa shape index (κ1) is 17.2. The van der Waals surface area contributed by atoms with Gasteiger partial charge in [-0.25, -0.2) is 0 Å². The Kier molecular flexibility index (Phi) is 4.01. The molecule has 0 bridgehead atoms. The molecule has 1 aromatic heterocycles. The average molecular weight is 354 g/mol. The smallest absolute Gasteiger partial charge is 0.0543 e. The van der Waals surface area contributed by atoms with E-state index in [2.05, 4.69) is 37.2 Å². The van der Waals surface area contributed by atoms with E-state index >= 15 is 0 Å². The van der Waals surface area contributed by atoms with Gasteiger partial charge >= 0.3 is 0 Å². The van der Waals surface area contributed by atoms with E-state index in [9.17, 15) is 5.11 Å². The minimum atomic E-state index is -0.0278. The summed E-state index contributed by atoms with van der Waals surface area (Å²) in [6, 6.07) is 4.44. The fourth-order valence-corrected chi connectivity index (χ4v) is 8.37. The first-order chi connectivity index (χ1) is 12.5. The standard InChI is InChI=1S/C24H35NO/c1-23-11-9-18(26)14-17(23)5-6-19-21-8-7-20(16-4-3-13-25-15-16)24(21,2)12-10-22(19)23/h3-4,13,15,17-22,26H,5-12,14H2,1-2H3/t17-,18-,19?,20?,21?,22?,23-,24+/m0/s1. The second-order valence-corrected chi connectivity index (χ2v) is 10.5. The zero-order valence-corrected chi connectivity index (χ0v) is 16.5. The monoisotopic (exact) mass is 353 g/mol. The number of aromatic nitrogens is 1. The van der Waals surface area contributed by atoms with Gasteiger partial charge < -0.3 is 5.11 Å². The molecule has 5 rings (SSSR count). The lowest BCUT2D eigenvalue weighted by molar-refractivity contribution is -0.122. The maximum Gasteiger partial charge on any atom is 0.0543 e. The second-order valence-electron chi connectivity index (χ2n) is 10.5. The number of pyridine rings is 1. The van der Waals surface area contributed by atoms with Gasteiger partial charge in [0, 0.05) is 12.4 Å². The van der Waals surface area contributed by atoms with Crippen molar-refractivity contribution in [3.8, 4) is 0 Å². The summed E-state index contributed by atoms with van der Waals surface area (Å²) in [4.78, 5) is 4.43. The van der Waals surface area contributed by atoms with E-state index in [0.29, 0.717) is 16.7 Å². The summed E-state index contributed by atoms with van der Waals surface area (Å²) in [5.41, 5.74) is 2.45. The van der Waals surface area contributed by atoms with Crippen molar-refractivity contribution in [3.63, 3.8) is 0 Å². The molecule has 1 aromatic rings. The molecule has 0 amide bonds. The predicted octanol–water partition coefficient (Wildman–Crippen LogP) is 5.57. The number of nitrogens with zero attached hydrogens (tertiary/aromatic N) is 1. The highest BCUT2D eigenvalue weighted by Gasteiger charge is 2.60. The van der Waals surface area contributed by atoms with Crippen LogP contribution in [0.4, 0.5) is 0 Å². The van der Waals surface area contributed by atoms with Crippen LogP contribution in [-0.2, 0) is 0 Å². The Morgan fingerprint density at radius 1 is 0.962 bits per heavy atom. The molecule has 2 nitrogen and oxygen atoms in total. The van der Waals surface area contributed by atoms with Gasteiger partial charge in [-0.05, 0) is 110 Å². The fourth-order valence-electron chi connectivity index (χ4n) is 8.37. The summed E-state index contributed by atoms with van der Waals surface area (Å²) >= 11 is 0. The van der Waals surface area contributed by atoms with E-state index < -0.39 is 0 Å². The molecule has 4 aliphatic rings. The topological polar surface area (TPSA) is 33.1 Å². The first-order valence-corrected chi connectivity index (χ1v) is 11.1. The minimum absolute atomic E-state index is 0.0278. The van der Waals surface area contributed by atoms with E-state index in [-0.39, 0.29) is 6.10 Å². The number of rotatable bonds is 1. The molecule has 4 fully saturated rings. The van der Waals surface area contributed by atoms with Crippen LogP contribution >= 0.6 is 0 Å². The van der Waals surface area contributed by atoms with E-state index in [4.69, 9.17) is 0 Å². The summed E-state index contributed by atoms with van der Waals surface area (Å²) < 4.78 is 0. The van der Waals surface area contributed by atoms with E-state index in [1.165, 1.54) is 50.5 Å². The van der Waals surface area contributed by atoms with E-state index in [0.717, 1.165) is 36.5 Å². The molecule has 0 radical (unpaired) electrons. The minimum Gasteiger partial charge on any atom is -0.393 e. The Balaban J connectivity index is 1.43. The summed E-state index contributed by atoms with van der Waals surface area (Å²) in [7, 11) is 0. The molecule has 8 atom stereocenters. The molecule has 2 heteroatoms. The number of aliphatic hydroxyl groups is 1. The Labute approximate surface area is 158 Å². The molecule has 1 heterocycles. The summed E-state index contributed by atoms with van der Waals surface area (Å²) in [5, 5.41) is 10.2. The van der Waals surface area contributed by atoms with Crippen LogP contribution in [0.1, 0.15) is 83.1 Å². The van der Waals surface area contributed by atoms with Gasteiger partial charge in [-0.15, -0.1) is 0 Å². The lowest BCUT2D eigenvalue weighted by Gasteiger charge is -2.61. The lowest BCUT2D eigenvalue weighted by atomic mass is 9.44. The maximum atomic E-state index is 10.2. The summed E-state index contributed by atoms with van der Waals surface area (Å²) in [6.07, 6.45) is 15.7. The normalized spacial score (nSPS) is 50.6. The zero-order chi connectivity index (χ0) is 17.9. The summed E-state index contributed by atoms with van der Waals surface area (Å²) in [6.45, 7) is 5.20. The summed E-state index contributed by atoms with van der Waals surface area (Å²) in [5.74, 6) is 4.20. The molecular weight excluding hydrogens is 318 g/mol. The van der Waals surface area contributed by atoms with Crippen molar-refractivity contribution in [2.75, 3.05) is 0 Å². The van der Waals surface area contributed by atoms with Gasteiger partial charge in [-0.2, -0.15) is 0 Å². The largest absolute Gasteiger partial charge is 0.393 e. The van der Waals surface area contributed by atoms with Crippen LogP contribution in [0, 0.1) is 34.5 Å². The number of hydrogen-bond donors (Lipinski definition) is 1. The second kappa shape index (κ2) is 6.06. The Hall–Kier alpha value is -0.890. The Morgan fingerprint density at radius 3 is 2.58 bits per heavy atom. The van der Waals surface area contributed by atoms with Crippen LogP contribution in [0.2, 0.25) is 0 Å². The maximum absolute atomic E-state index is 10.2. The quantitative estimate of drug-likeness (QED) is 0.716. The van der Waals surface area contributed by atoms with E-state index in [1.807, 2.05) is 6.20 Å². The van der Waals surface area contributed by atoms with Crippen molar-refractivity contribution in [2.24, 2.45) is 34.5 Å². The van der Waals surface area contributed by atoms with Gasteiger partial charge in [0.05, 0.1) is 6.10 Å². The van der Waals surface area contributed by atoms with Crippen molar-refractivity contribution in [1.82, 2.24) is 4.98 Å². The van der Waals surface area contributed by atoms with Crippen LogP contribution in [0.25, 0.3) is 0 Å². The van der Waals surface area contributed by atoms with Gasteiger partial charge in [0.15, 0.2) is 0 Å². The van der Waals surface area contributed by atoms with Crippen molar-refractivity contribution >= 4 is 0 Å². The van der Waals surface area contributed by atoms with Crippen LogP contribution in [0.5, 0.6) is 0 Å². The van der Waals surface area contributed by atoms with Crippen LogP contribution in [0.15, 0.2) is 24.5 Å².